The second kappa shape index (κ2) is 7.29. The maximum Gasteiger partial charge on any atom is 0.308 e. The van der Waals surface area contributed by atoms with Crippen molar-refractivity contribution in [3.05, 3.63) is 29.8 Å². The van der Waals surface area contributed by atoms with Crippen molar-refractivity contribution >= 4 is 5.97 Å². The van der Waals surface area contributed by atoms with E-state index < -0.39 is 0 Å². The van der Waals surface area contributed by atoms with Crippen LogP contribution >= 0.6 is 0 Å². The molecule has 2 rings (SSSR count). The summed E-state index contributed by atoms with van der Waals surface area (Å²) in [6, 6.07) is 7.78. The van der Waals surface area contributed by atoms with Gasteiger partial charge in [-0.1, -0.05) is 19.1 Å². The molecule has 1 aromatic rings. The largest absolute Gasteiger partial charge is 0.497 e. The second-order valence-electron chi connectivity index (χ2n) is 5.24. The fourth-order valence-corrected chi connectivity index (χ4v) is 2.35. The third-order valence-electron chi connectivity index (χ3n) is 3.69. The second-order valence-corrected chi connectivity index (χ2v) is 5.24. The third-order valence-corrected chi connectivity index (χ3v) is 3.69. The summed E-state index contributed by atoms with van der Waals surface area (Å²) in [5.41, 5.74) is 1.08. The summed E-state index contributed by atoms with van der Waals surface area (Å²) in [6.07, 6.45) is 2.22. The number of hydrogen-bond donors (Lipinski definition) is 0. The number of carbonyl (C=O) groups excluding carboxylic acids is 1. The van der Waals surface area contributed by atoms with Crippen LogP contribution < -0.4 is 4.74 Å². The zero-order chi connectivity index (χ0) is 14.4. The number of esters is 1. The van der Waals surface area contributed by atoms with Crippen molar-refractivity contribution in [2.75, 3.05) is 13.7 Å². The molecule has 20 heavy (non-hydrogen) atoms. The molecule has 0 spiro atoms. The van der Waals surface area contributed by atoms with E-state index in [9.17, 15) is 4.79 Å². The van der Waals surface area contributed by atoms with E-state index >= 15 is 0 Å². The van der Waals surface area contributed by atoms with Gasteiger partial charge >= 0.3 is 5.97 Å². The van der Waals surface area contributed by atoms with Crippen molar-refractivity contribution in [2.45, 2.75) is 38.9 Å². The number of carbonyl (C=O) groups is 1. The Kier molecular flexibility index (Phi) is 5.41. The van der Waals surface area contributed by atoms with Crippen molar-refractivity contribution in [2.24, 2.45) is 5.92 Å². The van der Waals surface area contributed by atoms with Crippen molar-refractivity contribution in [1.82, 2.24) is 0 Å². The van der Waals surface area contributed by atoms with Gasteiger partial charge in [-0.3, -0.25) is 4.79 Å². The maximum atomic E-state index is 11.6. The highest BCUT2D eigenvalue weighted by Gasteiger charge is 2.24. The summed E-state index contributed by atoms with van der Waals surface area (Å²) in [4.78, 5) is 11.6. The summed E-state index contributed by atoms with van der Waals surface area (Å²) >= 11 is 0. The molecule has 1 aliphatic heterocycles. The van der Waals surface area contributed by atoms with Gasteiger partial charge in [0.05, 0.1) is 32.8 Å². The van der Waals surface area contributed by atoms with E-state index in [0.717, 1.165) is 24.2 Å². The molecule has 2 atom stereocenters. The highest BCUT2D eigenvalue weighted by atomic mass is 16.5. The number of ether oxygens (including phenoxy) is 3. The van der Waals surface area contributed by atoms with Crippen LogP contribution in [0.5, 0.6) is 5.75 Å². The lowest BCUT2D eigenvalue weighted by Gasteiger charge is -2.26. The van der Waals surface area contributed by atoms with Crippen LogP contribution in [0.4, 0.5) is 0 Å². The Morgan fingerprint density at radius 3 is 2.75 bits per heavy atom. The first kappa shape index (κ1) is 14.9. The molecule has 0 aliphatic carbocycles. The molecule has 0 amide bonds. The minimum atomic E-state index is -0.156. The van der Waals surface area contributed by atoms with Gasteiger partial charge in [0.2, 0.25) is 0 Å². The predicted octanol–water partition coefficient (Wildman–Crippen LogP) is 2.94. The maximum absolute atomic E-state index is 11.6. The van der Waals surface area contributed by atoms with Gasteiger partial charge in [0.15, 0.2) is 0 Å². The van der Waals surface area contributed by atoms with Gasteiger partial charge in [-0.25, -0.2) is 0 Å². The van der Waals surface area contributed by atoms with E-state index in [2.05, 4.69) is 6.92 Å². The summed E-state index contributed by atoms with van der Waals surface area (Å²) in [5, 5.41) is 0. The lowest BCUT2D eigenvalue weighted by molar-refractivity contribution is -0.150. The Morgan fingerprint density at radius 1 is 1.30 bits per heavy atom. The van der Waals surface area contributed by atoms with E-state index in [1.165, 1.54) is 0 Å². The average Bonchev–Trinajstić information content (AvgIpc) is 2.46. The molecule has 1 aliphatic rings. The Labute approximate surface area is 120 Å². The zero-order valence-electron chi connectivity index (χ0n) is 12.1. The molecule has 4 heteroatoms. The first-order valence-electron chi connectivity index (χ1n) is 7.09. The molecule has 0 unspecified atom stereocenters. The fraction of sp³-hybridized carbons (Fsp3) is 0.562. The molecule has 1 aromatic carbocycles. The summed E-state index contributed by atoms with van der Waals surface area (Å²) in [6.45, 7) is 3.18. The molecule has 0 N–H and O–H groups in total. The third kappa shape index (κ3) is 4.23. The lowest BCUT2D eigenvalue weighted by atomic mass is 9.95. The summed E-state index contributed by atoms with van der Waals surface area (Å²) < 4.78 is 16.2. The molecule has 0 aromatic heterocycles. The van der Waals surface area contributed by atoms with Gasteiger partial charge in [0.25, 0.3) is 0 Å². The van der Waals surface area contributed by atoms with Crippen LogP contribution in [0.25, 0.3) is 0 Å². The topological polar surface area (TPSA) is 44.8 Å². The Hall–Kier alpha value is -1.55. The van der Waals surface area contributed by atoms with E-state index in [1.807, 2.05) is 24.3 Å². The molecule has 0 radical (unpaired) electrons. The number of cyclic esters (lactones) is 1. The molecule has 4 nitrogen and oxygen atoms in total. The van der Waals surface area contributed by atoms with Crippen LogP contribution in [0.1, 0.15) is 31.7 Å². The van der Waals surface area contributed by atoms with Gasteiger partial charge in [-0.2, -0.15) is 0 Å². The summed E-state index contributed by atoms with van der Waals surface area (Å²) in [5.74, 6) is 1.05. The number of rotatable bonds is 4. The van der Waals surface area contributed by atoms with Crippen LogP contribution in [0, 0.1) is 5.92 Å². The first-order chi connectivity index (χ1) is 9.69. The lowest BCUT2D eigenvalue weighted by Crippen LogP contribution is -2.28. The minimum Gasteiger partial charge on any atom is -0.497 e. The van der Waals surface area contributed by atoms with Crippen LogP contribution in [-0.2, 0) is 20.9 Å². The van der Waals surface area contributed by atoms with Crippen LogP contribution in [0.3, 0.4) is 0 Å². The monoisotopic (exact) mass is 278 g/mol. The van der Waals surface area contributed by atoms with Crippen molar-refractivity contribution in [3.63, 3.8) is 0 Å². The molecule has 1 fully saturated rings. The number of methoxy groups -OCH3 is 1. The molecule has 1 saturated heterocycles. The Balaban J connectivity index is 1.90. The van der Waals surface area contributed by atoms with Gasteiger partial charge in [-0.05, 0) is 36.5 Å². The van der Waals surface area contributed by atoms with Gasteiger partial charge in [0.1, 0.15) is 5.75 Å². The highest BCUT2D eigenvalue weighted by molar-refractivity contribution is 5.70. The molecule has 1 heterocycles. The van der Waals surface area contributed by atoms with E-state index in [0.29, 0.717) is 25.6 Å². The van der Waals surface area contributed by atoms with Gasteiger partial charge < -0.3 is 14.2 Å². The first-order valence-corrected chi connectivity index (χ1v) is 7.09. The van der Waals surface area contributed by atoms with Crippen LogP contribution in [0.15, 0.2) is 24.3 Å². The van der Waals surface area contributed by atoms with E-state index in [1.54, 1.807) is 7.11 Å². The molecular weight excluding hydrogens is 256 g/mol. The quantitative estimate of drug-likeness (QED) is 0.794. The van der Waals surface area contributed by atoms with Gasteiger partial charge in [-0.15, -0.1) is 0 Å². The molecular formula is C16H22O4. The standard InChI is InChI=1S/C16H22O4/c1-12-4-3-9-19-16(17)10-15(12)20-11-13-5-7-14(18-2)8-6-13/h5-8,12,15H,3-4,9-11H2,1-2H3/t12-,15-/m0/s1. The van der Waals surface area contributed by atoms with Gasteiger partial charge in [0, 0.05) is 0 Å². The zero-order valence-corrected chi connectivity index (χ0v) is 12.1. The minimum absolute atomic E-state index is 0.0649. The highest BCUT2D eigenvalue weighted by Crippen LogP contribution is 2.22. The van der Waals surface area contributed by atoms with E-state index in [-0.39, 0.29) is 12.1 Å². The molecule has 110 valence electrons. The van der Waals surface area contributed by atoms with Crippen molar-refractivity contribution in [3.8, 4) is 5.75 Å². The summed E-state index contributed by atoms with van der Waals surface area (Å²) in [7, 11) is 1.65. The number of hydrogen-bond acceptors (Lipinski definition) is 4. The normalized spacial score (nSPS) is 23.6. The Bertz CT molecular complexity index is 427. The molecule has 0 saturated carbocycles. The van der Waals surface area contributed by atoms with E-state index in [4.69, 9.17) is 14.2 Å². The predicted molar refractivity (Wildman–Crippen MR) is 75.5 cm³/mol. The Morgan fingerprint density at radius 2 is 2.05 bits per heavy atom. The SMILES string of the molecule is COc1ccc(CO[C@H]2CC(=O)OCCC[C@@H]2C)cc1. The van der Waals surface area contributed by atoms with Crippen LogP contribution in [-0.4, -0.2) is 25.8 Å². The van der Waals surface area contributed by atoms with Crippen molar-refractivity contribution < 1.29 is 19.0 Å². The van der Waals surface area contributed by atoms with Crippen molar-refractivity contribution in [1.29, 1.82) is 0 Å². The number of benzene rings is 1. The molecule has 0 bridgehead atoms. The average molecular weight is 278 g/mol. The fourth-order valence-electron chi connectivity index (χ4n) is 2.35. The van der Waals surface area contributed by atoms with Crippen LogP contribution in [0.2, 0.25) is 0 Å². The smallest absolute Gasteiger partial charge is 0.308 e.